The molecular weight excluding hydrogens is 246 g/mol. The Labute approximate surface area is 121 Å². The van der Waals surface area contributed by atoms with Gasteiger partial charge in [-0.05, 0) is 37.9 Å². The van der Waals surface area contributed by atoms with Crippen molar-refractivity contribution in [2.24, 2.45) is 0 Å². The first-order valence-electron chi connectivity index (χ1n) is 7.18. The van der Waals surface area contributed by atoms with Crippen LogP contribution in [-0.2, 0) is 13.0 Å². The molecule has 0 spiro atoms. The van der Waals surface area contributed by atoms with Crippen LogP contribution in [0.2, 0.25) is 0 Å². The van der Waals surface area contributed by atoms with E-state index < -0.39 is 0 Å². The SMILES string of the molecule is COc1ccc(C)cc1CNCCCc1ccccc1. The van der Waals surface area contributed by atoms with E-state index >= 15 is 0 Å². The number of hydrogen-bond acceptors (Lipinski definition) is 2. The molecular formula is C18H23NO. The molecule has 0 aliphatic carbocycles. The molecule has 0 saturated carbocycles. The predicted molar refractivity (Wildman–Crippen MR) is 84.2 cm³/mol. The first kappa shape index (κ1) is 14.6. The molecule has 0 fully saturated rings. The fraction of sp³-hybridized carbons (Fsp3) is 0.333. The quantitative estimate of drug-likeness (QED) is 0.773. The van der Waals surface area contributed by atoms with Crippen LogP contribution >= 0.6 is 0 Å². The van der Waals surface area contributed by atoms with Crippen molar-refractivity contribution in [2.75, 3.05) is 13.7 Å². The molecule has 2 aromatic carbocycles. The van der Waals surface area contributed by atoms with Gasteiger partial charge in [-0.3, -0.25) is 0 Å². The van der Waals surface area contributed by atoms with Crippen molar-refractivity contribution in [1.29, 1.82) is 0 Å². The summed E-state index contributed by atoms with van der Waals surface area (Å²) in [7, 11) is 1.73. The molecule has 0 unspecified atom stereocenters. The zero-order valence-electron chi connectivity index (χ0n) is 12.4. The Morgan fingerprint density at radius 1 is 1.05 bits per heavy atom. The molecule has 2 nitrogen and oxygen atoms in total. The number of hydrogen-bond donors (Lipinski definition) is 1. The minimum Gasteiger partial charge on any atom is -0.496 e. The molecule has 0 aliphatic rings. The third-order valence-electron chi connectivity index (χ3n) is 3.41. The summed E-state index contributed by atoms with van der Waals surface area (Å²) in [5.74, 6) is 0.964. The van der Waals surface area contributed by atoms with Crippen LogP contribution in [0.15, 0.2) is 48.5 Å². The van der Waals surface area contributed by atoms with Crippen molar-refractivity contribution in [3.05, 3.63) is 65.2 Å². The molecule has 0 aromatic heterocycles. The van der Waals surface area contributed by atoms with Gasteiger partial charge in [0.1, 0.15) is 5.75 Å². The minimum atomic E-state index is 0.861. The summed E-state index contributed by atoms with van der Waals surface area (Å²) in [5.41, 5.74) is 3.90. The maximum atomic E-state index is 5.39. The van der Waals surface area contributed by atoms with Crippen molar-refractivity contribution < 1.29 is 4.74 Å². The van der Waals surface area contributed by atoms with E-state index in [0.717, 1.165) is 31.7 Å². The van der Waals surface area contributed by atoms with Gasteiger partial charge < -0.3 is 10.1 Å². The lowest BCUT2D eigenvalue weighted by Gasteiger charge is -2.10. The summed E-state index contributed by atoms with van der Waals surface area (Å²) in [6.07, 6.45) is 2.27. The average Bonchev–Trinajstić information content (AvgIpc) is 2.48. The zero-order valence-corrected chi connectivity index (χ0v) is 12.4. The van der Waals surface area contributed by atoms with Crippen molar-refractivity contribution in [1.82, 2.24) is 5.32 Å². The Kier molecular flexibility index (Phi) is 5.63. The molecule has 0 heterocycles. The van der Waals surface area contributed by atoms with Crippen LogP contribution in [0, 0.1) is 6.92 Å². The van der Waals surface area contributed by atoms with Crippen LogP contribution in [-0.4, -0.2) is 13.7 Å². The Bertz CT molecular complexity index is 522. The largest absolute Gasteiger partial charge is 0.496 e. The molecule has 2 heteroatoms. The fourth-order valence-corrected chi connectivity index (χ4v) is 2.33. The summed E-state index contributed by atoms with van der Waals surface area (Å²) >= 11 is 0. The minimum absolute atomic E-state index is 0.861. The Balaban J connectivity index is 1.75. The molecule has 1 N–H and O–H groups in total. The Morgan fingerprint density at radius 3 is 2.60 bits per heavy atom. The lowest BCUT2D eigenvalue weighted by atomic mass is 10.1. The van der Waals surface area contributed by atoms with Crippen molar-refractivity contribution in [2.45, 2.75) is 26.3 Å². The van der Waals surface area contributed by atoms with Gasteiger partial charge in [-0.25, -0.2) is 0 Å². The smallest absolute Gasteiger partial charge is 0.123 e. The van der Waals surface area contributed by atoms with Crippen molar-refractivity contribution >= 4 is 0 Å². The van der Waals surface area contributed by atoms with Gasteiger partial charge in [-0.15, -0.1) is 0 Å². The molecule has 2 aromatic rings. The number of benzene rings is 2. The van der Waals surface area contributed by atoms with Gasteiger partial charge in [0.25, 0.3) is 0 Å². The second kappa shape index (κ2) is 7.71. The fourth-order valence-electron chi connectivity index (χ4n) is 2.33. The second-order valence-corrected chi connectivity index (χ2v) is 5.08. The maximum Gasteiger partial charge on any atom is 0.123 e. The van der Waals surface area contributed by atoms with E-state index in [4.69, 9.17) is 4.74 Å². The average molecular weight is 269 g/mol. The highest BCUT2D eigenvalue weighted by Crippen LogP contribution is 2.19. The van der Waals surface area contributed by atoms with Crippen molar-refractivity contribution in [3.8, 4) is 5.75 Å². The van der Waals surface area contributed by atoms with Crippen LogP contribution in [0.3, 0.4) is 0 Å². The predicted octanol–water partition coefficient (Wildman–Crippen LogP) is 3.73. The molecule has 2 rings (SSSR count). The van der Waals surface area contributed by atoms with Crippen LogP contribution in [0.4, 0.5) is 0 Å². The van der Waals surface area contributed by atoms with E-state index in [1.807, 2.05) is 6.07 Å². The third-order valence-corrected chi connectivity index (χ3v) is 3.41. The lowest BCUT2D eigenvalue weighted by molar-refractivity contribution is 0.407. The van der Waals surface area contributed by atoms with Gasteiger partial charge in [0, 0.05) is 12.1 Å². The second-order valence-electron chi connectivity index (χ2n) is 5.08. The summed E-state index contributed by atoms with van der Waals surface area (Å²) in [6.45, 7) is 3.99. The normalized spacial score (nSPS) is 10.5. The van der Waals surface area contributed by atoms with Gasteiger partial charge in [0.05, 0.1) is 7.11 Å². The molecule has 20 heavy (non-hydrogen) atoms. The topological polar surface area (TPSA) is 21.3 Å². The van der Waals surface area contributed by atoms with Gasteiger partial charge in [-0.2, -0.15) is 0 Å². The van der Waals surface area contributed by atoms with Gasteiger partial charge >= 0.3 is 0 Å². The van der Waals surface area contributed by atoms with E-state index in [9.17, 15) is 0 Å². The third kappa shape index (κ3) is 4.39. The van der Waals surface area contributed by atoms with Crippen LogP contribution in [0.25, 0.3) is 0 Å². The summed E-state index contributed by atoms with van der Waals surface area (Å²) in [6, 6.07) is 16.9. The zero-order chi connectivity index (χ0) is 14.2. The first-order chi connectivity index (χ1) is 9.79. The Hall–Kier alpha value is -1.80. The lowest BCUT2D eigenvalue weighted by Crippen LogP contribution is -2.16. The first-order valence-corrected chi connectivity index (χ1v) is 7.18. The summed E-state index contributed by atoms with van der Waals surface area (Å²) < 4.78 is 5.39. The van der Waals surface area contributed by atoms with Gasteiger partial charge in [0.2, 0.25) is 0 Å². The van der Waals surface area contributed by atoms with Gasteiger partial charge in [-0.1, -0.05) is 48.0 Å². The highest BCUT2D eigenvalue weighted by Gasteiger charge is 2.02. The molecule has 0 saturated heterocycles. The number of rotatable bonds is 7. The maximum absolute atomic E-state index is 5.39. The van der Waals surface area contributed by atoms with Gasteiger partial charge in [0.15, 0.2) is 0 Å². The van der Waals surface area contributed by atoms with E-state index in [-0.39, 0.29) is 0 Å². The van der Waals surface area contributed by atoms with E-state index in [1.54, 1.807) is 7.11 Å². The Morgan fingerprint density at radius 2 is 1.85 bits per heavy atom. The van der Waals surface area contributed by atoms with E-state index in [2.05, 4.69) is 54.7 Å². The molecule has 0 bridgehead atoms. The standard InChI is InChI=1S/C18H23NO/c1-15-10-11-18(20-2)17(13-15)14-19-12-6-9-16-7-4-3-5-8-16/h3-5,7-8,10-11,13,19H,6,9,12,14H2,1-2H3. The van der Waals surface area contributed by atoms with E-state index in [0.29, 0.717) is 0 Å². The monoisotopic (exact) mass is 269 g/mol. The van der Waals surface area contributed by atoms with Crippen LogP contribution < -0.4 is 10.1 Å². The summed E-state index contributed by atoms with van der Waals surface area (Å²) in [5, 5.41) is 3.49. The number of ether oxygens (including phenoxy) is 1. The van der Waals surface area contributed by atoms with E-state index in [1.165, 1.54) is 16.7 Å². The van der Waals surface area contributed by atoms with Crippen LogP contribution in [0.1, 0.15) is 23.1 Å². The summed E-state index contributed by atoms with van der Waals surface area (Å²) in [4.78, 5) is 0. The molecule has 0 atom stereocenters. The number of nitrogens with one attached hydrogen (secondary N) is 1. The molecule has 0 amide bonds. The molecule has 0 aliphatic heterocycles. The highest BCUT2D eigenvalue weighted by atomic mass is 16.5. The number of methoxy groups -OCH3 is 1. The number of aryl methyl sites for hydroxylation is 2. The van der Waals surface area contributed by atoms with Crippen molar-refractivity contribution in [3.63, 3.8) is 0 Å². The molecule has 0 radical (unpaired) electrons. The highest BCUT2D eigenvalue weighted by molar-refractivity contribution is 5.36. The van der Waals surface area contributed by atoms with Crippen LogP contribution in [0.5, 0.6) is 5.75 Å². The molecule has 106 valence electrons.